The predicted octanol–water partition coefficient (Wildman–Crippen LogP) is 7.00. The van der Waals surface area contributed by atoms with Crippen molar-refractivity contribution < 1.29 is 30.0 Å². The van der Waals surface area contributed by atoms with Crippen molar-refractivity contribution in [1.29, 1.82) is 0 Å². The zero-order chi connectivity index (χ0) is 24.6. The Bertz CT molecular complexity index is 1450. The van der Waals surface area contributed by atoms with Crippen LogP contribution in [0.3, 0.4) is 0 Å². The molecular formula is C28H22IrN2O-2. The maximum absolute atomic E-state index is 7.97. The van der Waals surface area contributed by atoms with Gasteiger partial charge in [0.25, 0.3) is 0 Å². The van der Waals surface area contributed by atoms with Crippen LogP contribution in [0, 0.1) is 12.1 Å². The van der Waals surface area contributed by atoms with Gasteiger partial charge < -0.3 is 14.4 Å². The van der Waals surface area contributed by atoms with E-state index in [4.69, 9.17) is 9.90 Å². The summed E-state index contributed by atoms with van der Waals surface area (Å²) in [5.74, 6) is 0. The van der Waals surface area contributed by atoms with Crippen molar-refractivity contribution in [3.05, 3.63) is 127 Å². The molecule has 161 valence electrons. The first-order chi connectivity index (χ1) is 17.0. The Morgan fingerprint density at radius 3 is 2.56 bits per heavy atom. The molecule has 2 aromatic heterocycles. The van der Waals surface area contributed by atoms with Crippen LogP contribution in [0.15, 0.2) is 119 Å². The van der Waals surface area contributed by atoms with Crippen LogP contribution < -0.4 is 0 Å². The molecule has 3 nitrogen and oxygen atoms in total. The molecule has 1 radical (unpaired) electrons. The Morgan fingerprint density at radius 1 is 0.906 bits per heavy atom. The van der Waals surface area contributed by atoms with E-state index in [1.807, 2.05) is 54.7 Å². The van der Waals surface area contributed by atoms with Gasteiger partial charge >= 0.3 is 0 Å². The monoisotopic (exact) mass is 599 g/mol. The van der Waals surface area contributed by atoms with E-state index in [9.17, 15) is 0 Å². The molecular weight excluding hydrogens is 573 g/mol. The third-order valence-corrected chi connectivity index (χ3v) is 4.46. The largest absolute Gasteiger partial charge is 0.508 e. The van der Waals surface area contributed by atoms with Crippen LogP contribution in [0.25, 0.3) is 22.2 Å². The summed E-state index contributed by atoms with van der Waals surface area (Å²) in [7, 11) is 0. The summed E-state index contributed by atoms with van der Waals surface area (Å²) in [4.78, 5) is 8.24. The molecule has 0 spiro atoms. The number of benzene rings is 2. The Kier molecular flexibility index (Phi) is 7.14. The molecule has 1 aliphatic heterocycles. The molecule has 1 aliphatic rings. The van der Waals surface area contributed by atoms with Crippen LogP contribution in [0.4, 0.5) is 0 Å². The minimum atomic E-state index is -0.363. The topological polar surface area (TPSA) is 38.4 Å². The van der Waals surface area contributed by atoms with E-state index in [1.54, 1.807) is 12.1 Å². The van der Waals surface area contributed by atoms with Gasteiger partial charge in [-0.05, 0) is 36.4 Å². The summed E-state index contributed by atoms with van der Waals surface area (Å²) >= 11 is 0. The van der Waals surface area contributed by atoms with Crippen LogP contribution in [0.2, 0.25) is 0 Å². The number of pyridine rings is 1. The van der Waals surface area contributed by atoms with Crippen LogP contribution in [0.1, 0.15) is 23.9 Å². The molecule has 0 amide bonds. The van der Waals surface area contributed by atoms with Crippen molar-refractivity contribution in [3.8, 4) is 11.3 Å². The first-order valence-corrected chi connectivity index (χ1v) is 9.90. The molecule has 0 bridgehead atoms. The van der Waals surface area contributed by atoms with Crippen LogP contribution >= 0.6 is 0 Å². The Hall–Kier alpha value is -3.33. The van der Waals surface area contributed by atoms with Crippen molar-refractivity contribution in [1.82, 2.24) is 4.98 Å². The van der Waals surface area contributed by atoms with E-state index in [0.717, 1.165) is 29.5 Å². The van der Waals surface area contributed by atoms with Gasteiger partial charge in [0, 0.05) is 44.1 Å². The number of hydrogen-bond donors (Lipinski definition) is 0. The predicted molar refractivity (Wildman–Crippen MR) is 126 cm³/mol. The summed E-state index contributed by atoms with van der Waals surface area (Å²) in [5.41, 5.74) is 3.36. The van der Waals surface area contributed by atoms with Gasteiger partial charge in [0.05, 0.1) is 5.48 Å². The molecule has 3 heterocycles. The minimum Gasteiger partial charge on any atom is -0.508 e. The first kappa shape index (κ1) is 18.3. The van der Waals surface area contributed by atoms with Gasteiger partial charge in [-0.15, -0.1) is 54.1 Å². The molecule has 0 saturated heterocycles. The van der Waals surface area contributed by atoms with Crippen LogP contribution in [-0.4, -0.2) is 10.7 Å². The summed E-state index contributed by atoms with van der Waals surface area (Å²) < 4.78 is 36.6. The number of aromatic nitrogens is 1. The average Bonchev–Trinajstić information content (AvgIpc) is 3.01. The molecule has 5 rings (SSSR count). The SMILES string of the molecule is [2H]c1nc(-c2[c-]cccc3ccccc3oc2)c([2H])c([2H])c1[2H].[Ir].[c-]1ccccc1C1=NC=CCC1. The first-order valence-electron chi connectivity index (χ1n) is 11.9. The van der Waals surface area contributed by atoms with Gasteiger partial charge in [-0.25, -0.2) is 0 Å². The Labute approximate surface area is 207 Å². The van der Waals surface area contributed by atoms with Gasteiger partial charge in [-0.2, -0.15) is 0 Å². The molecule has 0 fully saturated rings. The van der Waals surface area contributed by atoms with E-state index >= 15 is 0 Å². The van der Waals surface area contributed by atoms with Gasteiger partial charge in [-0.1, -0.05) is 48.0 Å². The molecule has 0 N–H and O–H groups in total. The summed E-state index contributed by atoms with van der Waals surface area (Å²) in [5, 5.41) is 0.894. The zero-order valence-corrected chi connectivity index (χ0v) is 19.5. The normalized spacial score (nSPS) is 13.7. The number of allylic oxidation sites excluding steroid dienone is 1. The number of fused-ring (bicyclic) bond motifs is 1. The standard InChI is InChI=1S/C17H12NO.C11H10N.Ir/c1-2-9-15(16-10-5-6-12-18-16)13-19-17-11-4-3-8-14(17)7-1;1-2-6-10(7-3-1)11-8-4-5-9-12-11;/h1-8,10-13H;1-3,5-6,9H,4,8H2;/q2*-1;/i5D,6D,10D,12D;;. The molecule has 32 heavy (non-hydrogen) atoms. The second-order valence-corrected chi connectivity index (χ2v) is 6.58. The second-order valence-electron chi connectivity index (χ2n) is 6.58. The fraction of sp³-hybridized carbons (Fsp3) is 0.0714. The summed E-state index contributed by atoms with van der Waals surface area (Å²) in [6.07, 6.45) is 7.15. The molecule has 0 unspecified atom stereocenters. The van der Waals surface area contributed by atoms with E-state index in [1.165, 1.54) is 6.26 Å². The Balaban J connectivity index is 0.000000234. The van der Waals surface area contributed by atoms with Crippen LogP contribution in [0.5, 0.6) is 0 Å². The maximum atomic E-state index is 7.97. The zero-order valence-electron chi connectivity index (χ0n) is 21.1. The van der Waals surface area contributed by atoms with Crippen molar-refractivity contribution in [3.63, 3.8) is 0 Å². The van der Waals surface area contributed by atoms with Crippen molar-refractivity contribution in [2.24, 2.45) is 4.99 Å². The molecule has 4 aromatic rings. The summed E-state index contributed by atoms with van der Waals surface area (Å²) in [6.45, 7) is 0. The number of nitrogens with zero attached hydrogens (tertiary/aromatic N) is 2. The second kappa shape index (κ2) is 12.5. The average molecular weight is 599 g/mol. The van der Waals surface area contributed by atoms with Gasteiger partial charge in [0.15, 0.2) is 0 Å². The quantitative estimate of drug-likeness (QED) is 0.233. The van der Waals surface area contributed by atoms with Gasteiger partial charge in [-0.3, -0.25) is 0 Å². The third kappa shape index (κ3) is 6.58. The fourth-order valence-electron chi connectivity index (χ4n) is 2.93. The number of hydrogen-bond acceptors (Lipinski definition) is 3. The molecule has 0 atom stereocenters. The smallest absolute Gasteiger partial charge is 0.120 e. The minimum absolute atomic E-state index is 0. The van der Waals surface area contributed by atoms with E-state index < -0.39 is 0 Å². The maximum Gasteiger partial charge on any atom is 0.120 e. The Morgan fingerprint density at radius 2 is 1.72 bits per heavy atom. The fourth-order valence-corrected chi connectivity index (χ4v) is 2.93. The van der Waals surface area contributed by atoms with Crippen molar-refractivity contribution in [2.75, 3.05) is 0 Å². The number of aliphatic imine (C=N–C) groups is 1. The van der Waals surface area contributed by atoms with E-state index in [2.05, 4.69) is 34.3 Å². The van der Waals surface area contributed by atoms with Gasteiger partial charge in [0.1, 0.15) is 5.58 Å². The number of para-hydroxylation sites is 1. The van der Waals surface area contributed by atoms with E-state index in [-0.39, 0.29) is 50.1 Å². The molecule has 0 aliphatic carbocycles. The van der Waals surface area contributed by atoms with Gasteiger partial charge in [0.2, 0.25) is 0 Å². The third-order valence-electron chi connectivity index (χ3n) is 4.46. The number of rotatable bonds is 2. The molecule has 2 aromatic carbocycles. The van der Waals surface area contributed by atoms with Crippen molar-refractivity contribution in [2.45, 2.75) is 12.8 Å². The summed E-state index contributed by atoms with van der Waals surface area (Å²) in [6, 6.07) is 25.9. The van der Waals surface area contributed by atoms with E-state index in [0.29, 0.717) is 11.1 Å². The van der Waals surface area contributed by atoms with Crippen LogP contribution in [-0.2, 0) is 20.1 Å². The van der Waals surface area contributed by atoms with Crippen molar-refractivity contribution >= 4 is 16.7 Å². The molecule has 4 heteroatoms. The molecule has 0 saturated carbocycles.